The molecule has 0 amide bonds. The number of carbonyl (C=O) groups is 1. The molecular formula is C12H13NO. The lowest BCUT2D eigenvalue weighted by Gasteiger charge is -1.97. The molecule has 1 aromatic carbocycles. The van der Waals surface area contributed by atoms with Crippen molar-refractivity contribution in [2.24, 2.45) is 0 Å². The fourth-order valence-electron chi connectivity index (χ4n) is 1.65. The standard InChI is InChI=1S/C12H13NO/c1-3-12(14)10-5-4-9-6-8(2)13-11(9)7-10/h4-7,13H,3H2,1-2H3. The van der Waals surface area contributed by atoms with Gasteiger partial charge in [0.15, 0.2) is 5.78 Å². The first-order valence-electron chi connectivity index (χ1n) is 4.83. The van der Waals surface area contributed by atoms with Gasteiger partial charge in [-0.3, -0.25) is 4.79 Å². The summed E-state index contributed by atoms with van der Waals surface area (Å²) in [5.74, 6) is 0.194. The van der Waals surface area contributed by atoms with E-state index >= 15 is 0 Å². The van der Waals surface area contributed by atoms with Gasteiger partial charge in [-0.15, -0.1) is 0 Å². The number of benzene rings is 1. The van der Waals surface area contributed by atoms with Gasteiger partial charge in [0.2, 0.25) is 0 Å². The lowest BCUT2D eigenvalue weighted by Crippen LogP contribution is -1.95. The third-order valence-electron chi connectivity index (χ3n) is 2.40. The van der Waals surface area contributed by atoms with Gasteiger partial charge in [0.25, 0.3) is 0 Å². The SMILES string of the molecule is CCC(=O)c1ccc2cc(C)[nH]c2c1. The van der Waals surface area contributed by atoms with E-state index in [1.165, 1.54) is 0 Å². The number of H-pyrrole nitrogens is 1. The number of hydrogen-bond donors (Lipinski definition) is 1. The highest BCUT2D eigenvalue weighted by Crippen LogP contribution is 2.17. The highest BCUT2D eigenvalue weighted by atomic mass is 16.1. The third kappa shape index (κ3) is 1.43. The maximum Gasteiger partial charge on any atom is 0.162 e. The fraction of sp³-hybridized carbons (Fsp3) is 0.250. The number of aromatic nitrogens is 1. The van der Waals surface area contributed by atoms with Crippen LogP contribution in [0.4, 0.5) is 0 Å². The molecule has 0 aliphatic rings. The van der Waals surface area contributed by atoms with Crippen molar-refractivity contribution in [2.45, 2.75) is 20.3 Å². The molecule has 1 N–H and O–H groups in total. The van der Waals surface area contributed by atoms with Crippen LogP contribution in [0, 0.1) is 6.92 Å². The largest absolute Gasteiger partial charge is 0.359 e. The molecule has 0 radical (unpaired) electrons. The van der Waals surface area contributed by atoms with Gasteiger partial charge in [-0.05, 0) is 24.4 Å². The van der Waals surface area contributed by atoms with Gasteiger partial charge < -0.3 is 4.98 Å². The Labute approximate surface area is 82.9 Å². The zero-order valence-electron chi connectivity index (χ0n) is 8.42. The van der Waals surface area contributed by atoms with Crippen molar-refractivity contribution >= 4 is 16.7 Å². The summed E-state index contributed by atoms with van der Waals surface area (Å²) in [5, 5.41) is 1.16. The first-order valence-corrected chi connectivity index (χ1v) is 4.83. The predicted octanol–water partition coefficient (Wildman–Crippen LogP) is 3.07. The van der Waals surface area contributed by atoms with Crippen molar-refractivity contribution < 1.29 is 4.79 Å². The van der Waals surface area contributed by atoms with E-state index in [2.05, 4.69) is 11.1 Å². The Morgan fingerprint density at radius 3 is 2.86 bits per heavy atom. The van der Waals surface area contributed by atoms with E-state index in [-0.39, 0.29) is 5.78 Å². The zero-order valence-corrected chi connectivity index (χ0v) is 8.42. The van der Waals surface area contributed by atoms with Gasteiger partial charge in [-0.25, -0.2) is 0 Å². The Balaban J connectivity index is 2.55. The Kier molecular flexibility index (Phi) is 2.12. The van der Waals surface area contributed by atoms with Gasteiger partial charge in [0.05, 0.1) is 0 Å². The predicted molar refractivity (Wildman–Crippen MR) is 57.7 cm³/mol. The van der Waals surface area contributed by atoms with Gasteiger partial charge in [-0.2, -0.15) is 0 Å². The van der Waals surface area contributed by atoms with E-state index in [0.29, 0.717) is 6.42 Å². The van der Waals surface area contributed by atoms with E-state index < -0.39 is 0 Å². The monoisotopic (exact) mass is 187 g/mol. The van der Waals surface area contributed by atoms with Crippen LogP contribution in [-0.2, 0) is 0 Å². The number of aryl methyl sites for hydroxylation is 1. The smallest absolute Gasteiger partial charge is 0.162 e. The van der Waals surface area contributed by atoms with Crippen LogP contribution in [0.25, 0.3) is 10.9 Å². The number of nitrogens with one attached hydrogen (secondary N) is 1. The van der Waals surface area contributed by atoms with E-state index in [1.54, 1.807) is 0 Å². The molecule has 1 aromatic heterocycles. The zero-order chi connectivity index (χ0) is 10.1. The Hall–Kier alpha value is -1.57. The highest BCUT2D eigenvalue weighted by Gasteiger charge is 2.04. The Morgan fingerprint density at radius 2 is 2.14 bits per heavy atom. The molecular weight excluding hydrogens is 174 g/mol. The average Bonchev–Trinajstić information content (AvgIpc) is 2.55. The normalized spacial score (nSPS) is 10.7. The molecule has 0 atom stereocenters. The van der Waals surface area contributed by atoms with Gasteiger partial charge in [0, 0.05) is 23.2 Å². The van der Waals surface area contributed by atoms with E-state index in [4.69, 9.17) is 0 Å². The van der Waals surface area contributed by atoms with Crippen LogP contribution in [0.3, 0.4) is 0 Å². The minimum absolute atomic E-state index is 0.194. The Bertz CT molecular complexity index is 482. The van der Waals surface area contributed by atoms with E-state index in [9.17, 15) is 4.79 Å². The maximum atomic E-state index is 11.5. The summed E-state index contributed by atoms with van der Waals surface area (Å²) in [5.41, 5.74) is 2.96. The minimum atomic E-state index is 0.194. The van der Waals surface area contributed by atoms with Crippen molar-refractivity contribution in [3.05, 3.63) is 35.5 Å². The quantitative estimate of drug-likeness (QED) is 0.720. The van der Waals surface area contributed by atoms with Crippen molar-refractivity contribution in [1.82, 2.24) is 4.98 Å². The number of aromatic amines is 1. The Morgan fingerprint density at radius 1 is 1.36 bits per heavy atom. The number of carbonyl (C=O) groups excluding carboxylic acids is 1. The second-order valence-corrected chi connectivity index (χ2v) is 3.53. The van der Waals surface area contributed by atoms with Crippen LogP contribution in [0.2, 0.25) is 0 Å². The molecule has 0 saturated carbocycles. The van der Waals surface area contributed by atoms with E-state index in [0.717, 1.165) is 22.2 Å². The summed E-state index contributed by atoms with van der Waals surface area (Å²) in [4.78, 5) is 14.7. The maximum absolute atomic E-state index is 11.5. The lowest BCUT2D eigenvalue weighted by atomic mass is 10.1. The molecule has 0 spiro atoms. The second-order valence-electron chi connectivity index (χ2n) is 3.53. The summed E-state index contributed by atoms with van der Waals surface area (Å²) >= 11 is 0. The molecule has 0 aliphatic carbocycles. The van der Waals surface area contributed by atoms with Gasteiger partial charge in [0.1, 0.15) is 0 Å². The van der Waals surface area contributed by atoms with Crippen LogP contribution in [-0.4, -0.2) is 10.8 Å². The molecule has 2 rings (SSSR count). The van der Waals surface area contributed by atoms with Crippen LogP contribution in [0.1, 0.15) is 29.4 Å². The van der Waals surface area contributed by atoms with Crippen LogP contribution in [0.5, 0.6) is 0 Å². The summed E-state index contributed by atoms with van der Waals surface area (Å²) in [7, 11) is 0. The van der Waals surface area contributed by atoms with Crippen molar-refractivity contribution in [3.8, 4) is 0 Å². The van der Waals surface area contributed by atoms with E-state index in [1.807, 2.05) is 32.0 Å². The molecule has 2 nitrogen and oxygen atoms in total. The average molecular weight is 187 g/mol. The van der Waals surface area contributed by atoms with Gasteiger partial charge in [-0.1, -0.05) is 19.1 Å². The van der Waals surface area contributed by atoms with Crippen molar-refractivity contribution in [2.75, 3.05) is 0 Å². The van der Waals surface area contributed by atoms with Crippen molar-refractivity contribution in [1.29, 1.82) is 0 Å². The number of rotatable bonds is 2. The summed E-state index contributed by atoms with van der Waals surface area (Å²) < 4.78 is 0. The van der Waals surface area contributed by atoms with Gasteiger partial charge >= 0.3 is 0 Å². The van der Waals surface area contributed by atoms with Crippen LogP contribution in [0.15, 0.2) is 24.3 Å². The molecule has 14 heavy (non-hydrogen) atoms. The summed E-state index contributed by atoms with van der Waals surface area (Å²) in [6, 6.07) is 7.88. The molecule has 0 saturated heterocycles. The number of hydrogen-bond acceptors (Lipinski definition) is 1. The molecule has 0 unspecified atom stereocenters. The number of Topliss-reactive ketones (excluding diaryl/α,β-unsaturated/α-hetero) is 1. The fourth-order valence-corrected chi connectivity index (χ4v) is 1.65. The molecule has 0 aliphatic heterocycles. The summed E-state index contributed by atoms with van der Waals surface area (Å²) in [6.45, 7) is 3.90. The molecule has 1 heterocycles. The first-order chi connectivity index (χ1) is 6.70. The molecule has 0 fully saturated rings. The molecule has 2 heteroatoms. The third-order valence-corrected chi connectivity index (χ3v) is 2.40. The molecule has 2 aromatic rings. The number of fused-ring (bicyclic) bond motifs is 1. The molecule has 0 bridgehead atoms. The minimum Gasteiger partial charge on any atom is -0.359 e. The van der Waals surface area contributed by atoms with Crippen LogP contribution >= 0.6 is 0 Å². The number of ketones is 1. The topological polar surface area (TPSA) is 32.9 Å². The van der Waals surface area contributed by atoms with Crippen LogP contribution < -0.4 is 0 Å². The second kappa shape index (κ2) is 3.29. The first kappa shape index (κ1) is 9.00. The summed E-state index contributed by atoms with van der Waals surface area (Å²) in [6.07, 6.45) is 0.561. The molecule has 72 valence electrons. The highest BCUT2D eigenvalue weighted by molar-refractivity contribution is 5.99. The van der Waals surface area contributed by atoms with Crippen molar-refractivity contribution in [3.63, 3.8) is 0 Å². The lowest BCUT2D eigenvalue weighted by molar-refractivity contribution is 0.0988.